The first kappa shape index (κ1) is 14.3. The fraction of sp³-hybridized carbons (Fsp3) is 0.200. The minimum absolute atomic E-state index is 0.193. The highest BCUT2D eigenvalue weighted by Crippen LogP contribution is 2.15. The Labute approximate surface area is 121 Å². The lowest BCUT2D eigenvalue weighted by molar-refractivity contribution is 0.0954. The lowest BCUT2D eigenvalue weighted by Gasteiger charge is -2.05. The van der Waals surface area contributed by atoms with E-state index in [1.807, 2.05) is 0 Å². The van der Waals surface area contributed by atoms with Gasteiger partial charge in [0.2, 0.25) is 5.91 Å². The second-order valence-corrected chi connectivity index (χ2v) is 5.84. The van der Waals surface area contributed by atoms with Crippen molar-refractivity contribution in [3.63, 3.8) is 0 Å². The van der Waals surface area contributed by atoms with Gasteiger partial charge in [0, 0.05) is 27.4 Å². The van der Waals surface area contributed by atoms with Crippen LogP contribution in [-0.2, 0) is 6.42 Å². The Kier molecular flexibility index (Phi) is 4.53. The van der Waals surface area contributed by atoms with Crippen molar-refractivity contribution >= 4 is 23.2 Å². The van der Waals surface area contributed by atoms with Crippen LogP contribution in [0.15, 0.2) is 36.4 Å². The zero-order valence-electron chi connectivity index (χ0n) is 11.2. The number of primary amides is 1. The zero-order valence-corrected chi connectivity index (χ0v) is 12.0. The van der Waals surface area contributed by atoms with Crippen molar-refractivity contribution < 1.29 is 9.59 Å². The van der Waals surface area contributed by atoms with Crippen LogP contribution < -0.4 is 11.1 Å². The van der Waals surface area contributed by atoms with E-state index in [0.717, 1.165) is 6.42 Å². The molecule has 0 saturated heterocycles. The molecule has 0 unspecified atom stereocenters. The van der Waals surface area contributed by atoms with Crippen molar-refractivity contribution in [2.75, 3.05) is 6.54 Å². The molecule has 1 aromatic carbocycles. The first-order chi connectivity index (χ1) is 9.56. The monoisotopic (exact) mass is 288 g/mol. The average molecular weight is 288 g/mol. The summed E-state index contributed by atoms with van der Waals surface area (Å²) < 4.78 is 0. The molecule has 4 nitrogen and oxygen atoms in total. The van der Waals surface area contributed by atoms with Crippen LogP contribution in [0, 0.1) is 6.92 Å². The van der Waals surface area contributed by atoms with E-state index in [-0.39, 0.29) is 5.91 Å². The van der Waals surface area contributed by atoms with Crippen LogP contribution in [0.5, 0.6) is 0 Å². The molecule has 0 saturated carbocycles. The maximum atomic E-state index is 12.0. The third-order valence-corrected chi connectivity index (χ3v) is 3.92. The molecule has 0 radical (unpaired) electrons. The van der Waals surface area contributed by atoms with Gasteiger partial charge in [-0.3, -0.25) is 9.59 Å². The highest BCUT2D eigenvalue weighted by molar-refractivity contribution is 7.11. The maximum absolute atomic E-state index is 12.0. The molecule has 0 aliphatic carbocycles. The summed E-state index contributed by atoms with van der Waals surface area (Å²) >= 11 is 1.73. The number of amides is 2. The highest BCUT2D eigenvalue weighted by Gasteiger charge is 2.08. The Morgan fingerprint density at radius 1 is 1.20 bits per heavy atom. The van der Waals surface area contributed by atoms with E-state index in [1.54, 1.807) is 29.5 Å². The Morgan fingerprint density at radius 3 is 2.60 bits per heavy atom. The van der Waals surface area contributed by atoms with Crippen LogP contribution in [0.1, 0.15) is 30.5 Å². The molecule has 1 heterocycles. The van der Waals surface area contributed by atoms with Crippen LogP contribution >= 0.6 is 11.3 Å². The summed E-state index contributed by atoms with van der Waals surface area (Å²) in [4.78, 5) is 25.5. The van der Waals surface area contributed by atoms with Crippen molar-refractivity contribution in [1.29, 1.82) is 0 Å². The number of carbonyl (C=O) groups excluding carboxylic acids is 2. The molecular weight excluding hydrogens is 272 g/mol. The van der Waals surface area contributed by atoms with E-state index in [0.29, 0.717) is 17.7 Å². The standard InChI is InChI=1S/C15H16N2O2S/c1-10-5-6-13(20-10)7-8-17-15(19)12-4-2-3-11(9-12)14(16)18/h2-6,9H,7-8H2,1H3,(H2,16,18)(H,17,19). The molecule has 0 atom stereocenters. The Balaban J connectivity index is 1.91. The van der Waals surface area contributed by atoms with E-state index >= 15 is 0 Å². The first-order valence-corrected chi connectivity index (χ1v) is 7.11. The molecule has 2 aromatic rings. The number of hydrogen-bond acceptors (Lipinski definition) is 3. The van der Waals surface area contributed by atoms with E-state index in [2.05, 4.69) is 24.4 Å². The number of nitrogens with two attached hydrogens (primary N) is 1. The molecule has 1 aromatic heterocycles. The van der Waals surface area contributed by atoms with Crippen molar-refractivity contribution in [2.24, 2.45) is 5.73 Å². The van der Waals surface area contributed by atoms with Gasteiger partial charge in [0.15, 0.2) is 0 Å². The van der Waals surface area contributed by atoms with E-state index in [9.17, 15) is 9.59 Å². The number of nitrogens with one attached hydrogen (secondary N) is 1. The normalized spacial score (nSPS) is 10.2. The summed E-state index contributed by atoms with van der Waals surface area (Å²) in [5.41, 5.74) is 5.98. The number of aryl methyl sites for hydroxylation is 1. The summed E-state index contributed by atoms with van der Waals surface area (Å²) in [6.45, 7) is 2.63. The fourth-order valence-corrected chi connectivity index (χ4v) is 2.72. The van der Waals surface area contributed by atoms with Crippen LogP contribution in [0.2, 0.25) is 0 Å². The second-order valence-electron chi connectivity index (χ2n) is 4.46. The van der Waals surface area contributed by atoms with Gasteiger partial charge in [0.05, 0.1) is 0 Å². The summed E-state index contributed by atoms with van der Waals surface area (Å²) in [5.74, 6) is -0.727. The largest absolute Gasteiger partial charge is 0.366 e. The number of rotatable bonds is 5. The summed E-state index contributed by atoms with van der Waals surface area (Å²) in [5, 5.41) is 2.84. The van der Waals surface area contributed by atoms with E-state index < -0.39 is 5.91 Å². The SMILES string of the molecule is Cc1ccc(CCNC(=O)c2cccc(C(N)=O)c2)s1. The number of hydrogen-bond donors (Lipinski definition) is 2. The molecule has 2 amide bonds. The fourth-order valence-electron chi connectivity index (χ4n) is 1.83. The van der Waals surface area contributed by atoms with Gasteiger partial charge >= 0.3 is 0 Å². The highest BCUT2D eigenvalue weighted by atomic mass is 32.1. The van der Waals surface area contributed by atoms with Crippen LogP contribution in [0.25, 0.3) is 0 Å². The van der Waals surface area contributed by atoms with Gasteiger partial charge in [-0.2, -0.15) is 0 Å². The number of carbonyl (C=O) groups is 2. The maximum Gasteiger partial charge on any atom is 0.251 e. The van der Waals surface area contributed by atoms with Gasteiger partial charge in [-0.1, -0.05) is 6.07 Å². The van der Waals surface area contributed by atoms with Gasteiger partial charge in [0.1, 0.15) is 0 Å². The topological polar surface area (TPSA) is 72.2 Å². The van der Waals surface area contributed by atoms with Crippen molar-refractivity contribution in [3.05, 3.63) is 57.3 Å². The zero-order chi connectivity index (χ0) is 14.5. The third-order valence-electron chi connectivity index (χ3n) is 2.86. The van der Waals surface area contributed by atoms with Crippen molar-refractivity contribution in [2.45, 2.75) is 13.3 Å². The molecule has 0 spiro atoms. The van der Waals surface area contributed by atoms with Gasteiger partial charge in [-0.25, -0.2) is 0 Å². The quantitative estimate of drug-likeness (QED) is 0.884. The average Bonchev–Trinajstić information content (AvgIpc) is 2.84. The molecule has 0 bridgehead atoms. The van der Waals surface area contributed by atoms with E-state index in [1.165, 1.54) is 15.8 Å². The summed E-state index contributed by atoms with van der Waals surface area (Å²) in [7, 11) is 0. The molecule has 0 aliphatic heterocycles. The Bertz CT molecular complexity index is 634. The number of thiophene rings is 1. The minimum Gasteiger partial charge on any atom is -0.366 e. The van der Waals surface area contributed by atoms with Crippen molar-refractivity contribution in [1.82, 2.24) is 5.32 Å². The minimum atomic E-state index is -0.534. The van der Waals surface area contributed by atoms with Gasteiger partial charge in [0.25, 0.3) is 5.91 Å². The third kappa shape index (κ3) is 3.68. The first-order valence-electron chi connectivity index (χ1n) is 6.29. The molecule has 104 valence electrons. The lowest BCUT2D eigenvalue weighted by atomic mass is 10.1. The van der Waals surface area contributed by atoms with Crippen molar-refractivity contribution in [3.8, 4) is 0 Å². The van der Waals surface area contributed by atoms with Gasteiger partial charge in [-0.05, 0) is 43.7 Å². The predicted molar refractivity (Wildman–Crippen MR) is 80.1 cm³/mol. The Morgan fingerprint density at radius 2 is 1.95 bits per heavy atom. The van der Waals surface area contributed by atoms with Crippen LogP contribution in [0.3, 0.4) is 0 Å². The van der Waals surface area contributed by atoms with Crippen LogP contribution in [-0.4, -0.2) is 18.4 Å². The Hall–Kier alpha value is -2.14. The smallest absolute Gasteiger partial charge is 0.251 e. The molecule has 2 rings (SSSR count). The second kappa shape index (κ2) is 6.34. The van der Waals surface area contributed by atoms with Gasteiger partial charge in [-0.15, -0.1) is 11.3 Å². The molecule has 5 heteroatoms. The van der Waals surface area contributed by atoms with Gasteiger partial charge < -0.3 is 11.1 Å². The molecular formula is C15H16N2O2S. The molecule has 20 heavy (non-hydrogen) atoms. The molecule has 3 N–H and O–H groups in total. The predicted octanol–water partition coefficient (Wildman–Crippen LogP) is 2.13. The summed E-state index contributed by atoms with van der Waals surface area (Å²) in [6.07, 6.45) is 0.805. The van der Waals surface area contributed by atoms with E-state index in [4.69, 9.17) is 5.73 Å². The molecule has 0 aliphatic rings. The number of benzene rings is 1. The van der Waals surface area contributed by atoms with Crippen LogP contribution in [0.4, 0.5) is 0 Å². The lowest BCUT2D eigenvalue weighted by Crippen LogP contribution is -2.26. The summed E-state index contributed by atoms with van der Waals surface area (Å²) in [6, 6.07) is 10.5. The molecule has 0 fully saturated rings.